The summed E-state index contributed by atoms with van der Waals surface area (Å²) in [5.74, 6) is -0.155. The number of rotatable bonds is 7. The van der Waals surface area contributed by atoms with Gasteiger partial charge in [0.2, 0.25) is 0 Å². The Morgan fingerprint density at radius 3 is 2.44 bits per heavy atom. The minimum atomic E-state index is -0.155. The van der Waals surface area contributed by atoms with E-state index in [1.165, 1.54) is 5.69 Å². The second-order valence-electron chi connectivity index (χ2n) is 4.28. The number of esters is 1. The van der Waals surface area contributed by atoms with Gasteiger partial charge >= 0.3 is 5.97 Å². The lowest BCUT2D eigenvalue weighted by molar-refractivity contribution is -0.142. The quantitative estimate of drug-likeness (QED) is 0.700. The Kier molecular flexibility index (Phi) is 5.89. The first-order valence-electron chi connectivity index (χ1n) is 6.90. The smallest absolute Gasteiger partial charge is 0.310 e. The maximum Gasteiger partial charge on any atom is 0.310 e. The van der Waals surface area contributed by atoms with E-state index in [-0.39, 0.29) is 5.97 Å². The van der Waals surface area contributed by atoms with Crippen LogP contribution in [0.2, 0.25) is 0 Å². The van der Waals surface area contributed by atoms with Gasteiger partial charge in [0.1, 0.15) is 0 Å². The highest BCUT2D eigenvalue weighted by Crippen LogP contribution is 2.18. The normalized spacial score (nSPS) is 10.7. The maximum atomic E-state index is 11.7. The summed E-state index contributed by atoms with van der Waals surface area (Å²) in [6.07, 6.45) is 3.17. The third-order valence-electron chi connectivity index (χ3n) is 2.98. The van der Waals surface area contributed by atoms with Crippen molar-refractivity contribution in [1.82, 2.24) is 9.78 Å². The summed E-state index contributed by atoms with van der Waals surface area (Å²) < 4.78 is 7.09. The molecule has 1 heterocycles. The molecule has 18 heavy (non-hydrogen) atoms. The molecular formula is C14H24N2O2. The number of carbonyl (C=O) groups is 1. The average molecular weight is 252 g/mol. The molecule has 0 bridgehead atoms. The predicted octanol–water partition coefficient (Wildman–Crippen LogP) is 2.52. The molecule has 102 valence electrons. The fraction of sp³-hybridized carbons (Fsp3) is 0.714. The van der Waals surface area contributed by atoms with Crippen molar-refractivity contribution in [2.45, 2.75) is 59.9 Å². The number of carbonyl (C=O) groups excluding carboxylic acids is 1. The average Bonchev–Trinajstić information content (AvgIpc) is 2.67. The van der Waals surface area contributed by atoms with Gasteiger partial charge in [-0.25, -0.2) is 0 Å². The molecule has 1 aromatic rings. The van der Waals surface area contributed by atoms with Crippen LogP contribution in [0.25, 0.3) is 0 Å². The Morgan fingerprint density at radius 1 is 1.22 bits per heavy atom. The summed E-state index contributed by atoms with van der Waals surface area (Å²) in [4.78, 5) is 11.7. The van der Waals surface area contributed by atoms with Crippen LogP contribution in [-0.2, 0) is 35.3 Å². The zero-order chi connectivity index (χ0) is 13.5. The molecule has 0 aliphatic heterocycles. The monoisotopic (exact) mass is 252 g/mol. The van der Waals surface area contributed by atoms with E-state index in [9.17, 15) is 4.79 Å². The lowest BCUT2D eigenvalue weighted by Crippen LogP contribution is -2.11. The Morgan fingerprint density at radius 2 is 1.94 bits per heavy atom. The van der Waals surface area contributed by atoms with Crippen molar-refractivity contribution < 1.29 is 9.53 Å². The van der Waals surface area contributed by atoms with Crippen LogP contribution in [0.5, 0.6) is 0 Å². The van der Waals surface area contributed by atoms with E-state index in [0.29, 0.717) is 13.0 Å². The number of hydrogen-bond acceptors (Lipinski definition) is 3. The fourth-order valence-electron chi connectivity index (χ4n) is 2.23. The zero-order valence-electron chi connectivity index (χ0n) is 12.0. The van der Waals surface area contributed by atoms with Gasteiger partial charge in [0.25, 0.3) is 0 Å². The molecule has 0 unspecified atom stereocenters. The van der Waals surface area contributed by atoms with Crippen LogP contribution in [0.3, 0.4) is 0 Å². The lowest BCUT2D eigenvalue weighted by atomic mass is 10.1. The van der Waals surface area contributed by atoms with Crippen molar-refractivity contribution in [2.75, 3.05) is 6.61 Å². The second-order valence-corrected chi connectivity index (χ2v) is 4.28. The van der Waals surface area contributed by atoms with Gasteiger partial charge in [-0.05, 0) is 26.2 Å². The molecule has 0 atom stereocenters. The van der Waals surface area contributed by atoms with Crippen molar-refractivity contribution in [3.63, 3.8) is 0 Å². The van der Waals surface area contributed by atoms with E-state index in [2.05, 4.69) is 25.9 Å². The van der Waals surface area contributed by atoms with Crippen LogP contribution in [0, 0.1) is 0 Å². The lowest BCUT2D eigenvalue weighted by Gasteiger charge is -2.06. The highest BCUT2D eigenvalue weighted by atomic mass is 16.5. The number of hydrogen-bond donors (Lipinski definition) is 0. The fourth-order valence-corrected chi connectivity index (χ4v) is 2.23. The third kappa shape index (κ3) is 3.34. The molecule has 4 nitrogen and oxygen atoms in total. The Labute approximate surface area is 109 Å². The van der Waals surface area contributed by atoms with Gasteiger partial charge in [-0.3, -0.25) is 9.48 Å². The Balaban J connectivity index is 3.02. The molecule has 4 heteroatoms. The van der Waals surface area contributed by atoms with E-state index >= 15 is 0 Å². The molecule has 0 saturated carbocycles. The number of aryl methyl sites for hydroxylation is 2. The van der Waals surface area contributed by atoms with Crippen molar-refractivity contribution in [1.29, 1.82) is 0 Å². The standard InChI is InChI=1S/C14H24N2O2/c1-5-9-16-13(7-3)11(12(6-2)15-16)10-14(17)18-8-4/h5-10H2,1-4H3. The second kappa shape index (κ2) is 7.19. The summed E-state index contributed by atoms with van der Waals surface area (Å²) in [6, 6.07) is 0. The first-order chi connectivity index (χ1) is 8.67. The molecule has 0 aromatic carbocycles. The van der Waals surface area contributed by atoms with E-state index < -0.39 is 0 Å². The molecular weight excluding hydrogens is 228 g/mol. The van der Waals surface area contributed by atoms with Crippen molar-refractivity contribution >= 4 is 5.97 Å². The first kappa shape index (κ1) is 14.7. The summed E-state index contributed by atoms with van der Waals surface area (Å²) >= 11 is 0. The summed E-state index contributed by atoms with van der Waals surface area (Å²) in [5.41, 5.74) is 3.29. The first-order valence-corrected chi connectivity index (χ1v) is 6.90. The van der Waals surface area contributed by atoms with Crippen LogP contribution in [0.15, 0.2) is 0 Å². The van der Waals surface area contributed by atoms with Crippen LogP contribution < -0.4 is 0 Å². The highest BCUT2D eigenvalue weighted by molar-refractivity contribution is 5.73. The van der Waals surface area contributed by atoms with Gasteiger partial charge < -0.3 is 4.74 Å². The number of aromatic nitrogens is 2. The molecule has 0 spiro atoms. The highest BCUT2D eigenvalue weighted by Gasteiger charge is 2.18. The molecule has 0 saturated heterocycles. The van der Waals surface area contributed by atoms with Gasteiger partial charge in [0.05, 0.1) is 18.7 Å². The van der Waals surface area contributed by atoms with Crippen molar-refractivity contribution in [2.24, 2.45) is 0 Å². The van der Waals surface area contributed by atoms with Gasteiger partial charge in [-0.15, -0.1) is 0 Å². The Hall–Kier alpha value is -1.32. The van der Waals surface area contributed by atoms with E-state index in [1.807, 2.05) is 11.6 Å². The largest absolute Gasteiger partial charge is 0.466 e. The maximum absolute atomic E-state index is 11.7. The summed E-state index contributed by atoms with van der Waals surface area (Å²) in [7, 11) is 0. The van der Waals surface area contributed by atoms with Gasteiger partial charge in [0.15, 0.2) is 0 Å². The topological polar surface area (TPSA) is 44.1 Å². The molecule has 0 amide bonds. The molecule has 1 rings (SSSR count). The SMILES string of the molecule is CCCn1nc(CC)c(CC(=O)OCC)c1CC. The minimum absolute atomic E-state index is 0.155. The van der Waals surface area contributed by atoms with E-state index in [1.54, 1.807) is 0 Å². The Bertz CT molecular complexity index is 397. The number of nitrogens with zero attached hydrogens (tertiary/aromatic N) is 2. The molecule has 0 fully saturated rings. The minimum Gasteiger partial charge on any atom is -0.466 e. The van der Waals surface area contributed by atoms with Gasteiger partial charge in [-0.1, -0.05) is 20.8 Å². The molecule has 0 aliphatic carbocycles. The summed E-state index contributed by atoms with van der Waals surface area (Å²) in [6.45, 7) is 9.51. The summed E-state index contributed by atoms with van der Waals surface area (Å²) in [5, 5.41) is 4.61. The van der Waals surface area contributed by atoms with Crippen LogP contribution in [0.4, 0.5) is 0 Å². The van der Waals surface area contributed by atoms with E-state index in [0.717, 1.165) is 37.1 Å². The van der Waals surface area contributed by atoms with Crippen LogP contribution >= 0.6 is 0 Å². The van der Waals surface area contributed by atoms with Crippen molar-refractivity contribution in [3.8, 4) is 0 Å². The van der Waals surface area contributed by atoms with Crippen LogP contribution in [-0.4, -0.2) is 22.4 Å². The van der Waals surface area contributed by atoms with Gasteiger partial charge in [-0.2, -0.15) is 5.10 Å². The van der Waals surface area contributed by atoms with Crippen LogP contribution in [0.1, 0.15) is 51.1 Å². The zero-order valence-corrected chi connectivity index (χ0v) is 12.0. The number of ether oxygens (including phenoxy) is 1. The van der Waals surface area contributed by atoms with Crippen molar-refractivity contribution in [3.05, 3.63) is 17.0 Å². The third-order valence-corrected chi connectivity index (χ3v) is 2.98. The molecule has 1 aromatic heterocycles. The molecule has 0 N–H and O–H groups in total. The predicted molar refractivity (Wildman–Crippen MR) is 71.6 cm³/mol. The van der Waals surface area contributed by atoms with Gasteiger partial charge in [0, 0.05) is 17.8 Å². The van der Waals surface area contributed by atoms with E-state index in [4.69, 9.17) is 4.74 Å². The molecule has 0 radical (unpaired) electrons. The molecule has 0 aliphatic rings.